The van der Waals surface area contributed by atoms with E-state index in [-0.39, 0.29) is 6.04 Å². The zero-order valence-electron chi connectivity index (χ0n) is 10.8. The number of nitrogens with zero attached hydrogens (tertiary/aromatic N) is 2. The molecule has 1 rings (SSSR count). The Morgan fingerprint density at radius 3 is 2.72 bits per heavy atom. The molecule has 1 atom stereocenters. The summed E-state index contributed by atoms with van der Waals surface area (Å²) in [6.45, 7) is 2.80. The number of rotatable bonds is 9. The second kappa shape index (κ2) is 8.60. The molecule has 0 aliphatic rings. The molecule has 7 heteroatoms. The van der Waals surface area contributed by atoms with E-state index in [0.29, 0.717) is 33.0 Å². The van der Waals surface area contributed by atoms with E-state index in [2.05, 4.69) is 21.0 Å². The fraction of sp³-hybridized carbons (Fsp3) is 0.727. The van der Waals surface area contributed by atoms with Gasteiger partial charge in [0.25, 0.3) is 0 Å². The molecule has 0 aliphatic heterocycles. The first-order valence-electron chi connectivity index (χ1n) is 5.73. The van der Waals surface area contributed by atoms with Gasteiger partial charge in [-0.1, -0.05) is 0 Å². The molecule has 0 aliphatic carbocycles. The van der Waals surface area contributed by atoms with Crippen molar-refractivity contribution < 1.29 is 14.2 Å². The summed E-state index contributed by atoms with van der Waals surface area (Å²) in [5.74, 6) is 0. The number of hydrogen-bond donors (Lipinski definition) is 1. The first kappa shape index (κ1) is 15.6. The molecule has 1 heterocycles. The molecule has 104 valence electrons. The number of methoxy groups -OCH3 is 2. The van der Waals surface area contributed by atoms with Crippen LogP contribution in [0.25, 0.3) is 0 Å². The Bertz CT molecular complexity index is 346. The van der Waals surface area contributed by atoms with Crippen LogP contribution in [0.3, 0.4) is 0 Å². The normalized spacial score (nSPS) is 12.9. The predicted octanol–water partition coefficient (Wildman–Crippen LogP) is 0.955. The quantitative estimate of drug-likeness (QED) is 0.686. The third kappa shape index (κ3) is 4.66. The molecule has 0 bridgehead atoms. The van der Waals surface area contributed by atoms with Crippen LogP contribution in [0.2, 0.25) is 0 Å². The SMILES string of the molecule is COCCOCC(N)c1c(Br)cnn1CCOC. The van der Waals surface area contributed by atoms with Gasteiger partial charge in [-0.25, -0.2) is 0 Å². The van der Waals surface area contributed by atoms with Crippen LogP contribution in [0.5, 0.6) is 0 Å². The lowest BCUT2D eigenvalue weighted by Gasteiger charge is -2.15. The van der Waals surface area contributed by atoms with Crippen LogP contribution in [0.1, 0.15) is 11.7 Å². The third-order valence-corrected chi connectivity index (χ3v) is 3.03. The molecule has 1 aromatic rings. The van der Waals surface area contributed by atoms with Crippen molar-refractivity contribution in [3.8, 4) is 0 Å². The van der Waals surface area contributed by atoms with Gasteiger partial charge >= 0.3 is 0 Å². The minimum absolute atomic E-state index is 0.226. The molecule has 0 fully saturated rings. The van der Waals surface area contributed by atoms with Gasteiger partial charge in [-0.3, -0.25) is 4.68 Å². The number of ether oxygens (including phenoxy) is 3. The Morgan fingerprint density at radius 1 is 1.33 bits per heavy atom. The van der Waals surface area contributed by atoms with Crippen molar-refractivity contribution in [1.82, 2.24) is 9.78 Å². The highest BCUT2D eigenvalue weighted by atomic mass is 79.9. The van der Waals surface area contributed by atoms with Gasteiger partial charge < -0.3 is 19.9 Å². The monoisotopic (exact) mass is 321 g/mol. The lowest BCUT2D eigenvalue weighted by atomic mass is 10.2. The topological polar surface area (TPSA) is 71.5 Å². The fourth-order valence-electron chi connectivity index (χ4n) is 1.53. The van der Waals surface area contributed by atoms with E-state index in [1.807, 2.05) is 4.68 Å². The Morgan fingerprint density at radius 2 is 2.06 bits per heavy atom. The van der Waals surface area contributed by atoms with Crippen LogP contribution in [-0.2, 0) is 20.8 Å². The van der Waals surface area contributed by atoms with Crippen molar-refractivity contribution >= 4 is 15.9 Å². The second-order valence-electron chi connectivity index (χ2n) is 3.77. The molecular weight excluding hydrogens is 302 g/mol. The average Bonchev–Trinajstić information content (AvgIpc) is 2.73. The molecule has 6 nitrogen and oxygen atoms in total. The number of hydrogen-bond acceptors (Lipinski definition) is 5. The van der Waals surface area contributed by atoms with E-state index in [1.54, 1.807) is 20.4 Å². The smallest absolute Gasteiger partial charge is 0.0718 e. The predicted molar refractivity (Wildman–Crippen MR) is 71.4 cm³/mol. The molecule has 0 saturated heterocycles. The van der Waals surface area contributed by atoms with Crippen LogP contribution >= 0.6 is 15.9 Å². The second-order valence-corrected chi connectivity index (χ2v) is 4.62. The van der Waals surface area contributed by atoms with Crippen LogP contribution in [0.4, 0.5) is 0 Å². The maximum Gasteiger partial charge on any atom is 0.0718 e. The number of aromatic nitrogens is 2. The number of halogens is 1. The average molecular weight is 322 g/mol. The first-order valence-corrected chi connectivity index (χ1v) is 6.52. The van der Waals surface area contributed by atoms with E-state index in [9.17, 15) is 0 Å². The molecular formula is C11H20BrN3O3. The van der Waals surface area contributed by atoms with Crippen molar-refractivity contribution in [3.05, 3.63) is 16.4 Å². The molecule has 0 aromatic carbocycles. The Balaban J connectivity index is 2.54. The van der Waals surface area contributed by atoms with Crippen molar-refractivity contribution in [2.45, 2.75) is 12.6 Å². The van der Waals surface area contributed by atoms with Gasteiger partial charge in [0.2, 0.25) is 0 Å². The molecule has 0 saturated carbocycles. The Hall–Kier alpha value is -0.470. The molecule has 2 N–H and O–H groups in total. The number of nitrogens with two attached hydrogens (primary N) is 1. The highest BCUT2D eigenvalue weighted by Crippen LogP contribution is 2.22. The zero-order chi connectivity index (χ0) is 13.4. The fourth-order valence-corrected chi connectivity index (χ4v) is 2.12. The van der Waals surface area contributed by atoms with Gasteiger partial charge in [0.15, 0.2) is 0 Å². The van der Waals surface area contributed by atoms with Crippen molar-refractivity contribution in [3.63, 3.8) is 0 Å². The summed E-state index contributed by atoms with van der Waals surface area (Å²) in [6.07, 6.45) is 1.74. The summed E-state index contributed by atoms with van der Waals surface area (Å²) in [4.78, 5) is 0. The van der Waals surface area contributed by atoms with Crippen LogP contribution in [0.15, 0.2) is 10.7 Å². The Labute approximate surface area is 116 Å². The van der Waals surface area contributed by atoms with E-state index < -0.39 is 0 Å². The Kier molecular flexibility index (Phi) is 7.45. The lowest BCUT2D eigenvalue weighted by Crippen LogP contribution is -2.23. The largest absolute Gasteiger partial charge is 0.383 e. The summed E-state index contributed by atoms with van der Waals surface area (Å²) >= 11 is 3.45. The van der Waals surface area contributed by atoms with Gasteiger partial charge in [0.1, 0.15) is 0 Å². The first-order chi connectivity index (χ1) is 8.70. The van der Waals surface area contributed by atoms with Gasteiger partial charge in [0, 0.05) is 14.2 Å². The lowest BCUT2D eigenvalue weighted by molar-refractivity contribution is 0.0622. The molecule has 0 amide bonds. The van der Waals surface area contributed by atoms with Gasteiger partial charge in [-0.2, -0.15) is 5.10 Å². The minimum Gasteiger partial charge on any atom is -0.383 e. The summed E-state index contributed by atoms with van der Waals surface area (Å²) in [5.41, 5.74) is 7.02. The summed E-state index contributed by atoms with van der Waals surface area (Å²) < 4.78 is 18.1. The van der Waals surface area contributed by atoms with E-state index in [1.165, 1.54) is 0 Å². The highest BCUT2D eigenvalue weighted by molar-refractivity contribution is 9.10. The molecule has 0 spiro atoms. The molecule has 18 heavy (non-hydrogen) atoms. The van der Waals surface area contributed by atoms with Gasteiger partial charge in [-0.05, 0) is 15.9 Å². The highest BCUT2D eigenvalue weighted by Gasteiger charge is 2.16. The molecule has 0 radical (unpaired) electrons. The van der Waals surface area contributed by atoms with Crippen LogP contribution in [-0.4, -0.2) is 50.4 Å². The third-order valence-electron chi connectivity index (χ3n) is 2.42. The molecule has 1 unspecified atom stereocenters. The van der Waals surface area contributed by atoms with Crippen molar-refractivity contribution in [1.29, 1.82) is 0 Å². The minimum atomic E-state index is -0.226. The molecule has 1 aromatic heterocycles. The van der Waals surface area contributed by atoms with Gasteiger partial charge in [0.05, 0.1) is 55.4 Å². The maximum atomic E-state index is 6.10. The van der Waals surface area contributed by atoms with Crippen molar-refractivity contribution in [2.24, 2.45) is 5.73 Å². The van der Waals surface area contributed by atoms with Crippen LogP contribution < -0.4 is 5.73 Å². The standard InChI is InChI=1S/C11H20BrN3O3/c1-16-4-3-15-11(9(12)7-14-15)10(13)8-18-6-5-17-2/h7,10H,3-6,8,13H2,1-2H3. The van der Waals surface area contributed by atoms with Crippen LogP contribution in [0, 0.1) is 0 Å². The van der Waals surface area contributed by atoms with E-state index in [4.69, 9.17) is 19.9 Å². The summed E-state index contributed by atoms with van der Waals surface area (Å²) in [6, 6.07) is -0.226. The van der Waals surface area contributed by atoms with Crippen molar-refractivity contribution in [2.75, 3.05) is 40.6 Å². The summed E-state index contributed by atoms with van der Waals surface area (Å²) in [5, 5.41) is 4.25. The summed E-state index contributed by atoms with van der Waals surface area (Å²) in [7, 11) is 3.30. The maximum absolute atomic E-state index is 6.10. The van der Waals surface area contributed by atoms with Gasteiger partial charge in [-0.15, -0.1) is 0 Å². The van der Waals surface area contributed by atoms with E-state index >= 15 is 0 Å². The van der Waals surface area contributed by atoms with E-state index in [0.717, 1.165) is 10.2 Å². The zero-order valence-corrected chi connectivity index (χ0v) is 12.4.